The SMILES string of the molecule is [C-]#[N+]c1cc(C#N)cc(-n2c3ccccc3c3cc(-c4ccc5c(c4)c4ccccc4n5-c4cc(C#N)cc([N+]#[C-])c4)ccc32)c1. The molecule has 0 unspecified atom stereocenters. The fourth-order valence-corrected chi connectivity index (χ4v) is 6.57. The van der Waals surface area contributed by atoms with E-state index in [9.17, 15) is 10.5 Å². The highest BCUT2D eigenvalue weighted by atomic mass is 15.0. The smallest absolute Gasteiger partial charge is 0.190 e. The standard InChI is InChI=1S/C40H20N6/c1-43-29-15-25(23-41)17-31(21-29)45-37-9-5-3-7-33(37)35-19-27(11-13-39(35)45)28-12-14-40-36(20-28)34-8-4-6-10-38(34)46(40)32-18-26(24-42)16-30(22-32)44-2/h3-22H. The Morgan fingerprint density at radius 3 is 1.28 bits per heavy atom. The number of nitriles is 2. The quantitative estimate of drug-likeness (QED) is 0.194. The van der Waals surface area contributed by atoms with E-state index in [1.807, 2.05) is 48.5 Å². The van der Waals surface area contributed by atoms with E-state index in [4.69, 9.17) is 13.1 Å². The molecule has 0 N–H and O–H groups in total. The molecule has 6 nitrogen and oxygen atoms in total. The van der Waals surface area contributed by atoms with Gasteiger partial charge in [0.05, 0.1) is 47.3 Å². The molecule has 2 heterocycles. The highest BCUT2D eigenvalue weighted by molar-refractivity contribution is 6.12. The molecule has 0 aliphatic carbocycles. The number of hydrogen-bond acceptors (Lipinski definition) is 2. The van der Waals surface area contributed by atoms with Gasteiger partial charge in [-0.15, -0.1) is 0 Å². The molecular weight excluding hydrogens is 564 g/mol. The van der Waals surface area contributed by atoms with Crippen LogP contribution in [0.4, 0.5) is 11.4 Å². The Balaban J connectivity index is 1.34. The number of para-hydroxylation sites is 2. The van der Waals surface area contributed by atoms with Gasteiger partial charge in [-0.05, 0) is 83.9 Å². The van der Waals surface area contributed by atoms with Gasteiger partial charge >= 0.3 is 0 Å². The molecule has 2 aromatic heterocycles. The van der Waals surface area contributed by atoms with E-state index in [1.54, 1.807) is 12.1 Å². The summed E-state index contributed by atoms with van der Waals surface area (Å²) in [5.41, 5.74) is 9.39. The minimum Gasteiger partial charge on any atom is -0.310 e. The molecule has 0 aliphatic rings. The molecule has 0 aliphatic heterocycles. The van der Waals surface area contributed by atoms with Crippen LogP contribution in [0.1, 0.15) is 11.1 Å². The minimum absolute atomic E-state index is 0.425. The van der Waals surface area contributed by atoms with Crippen LogP contribution in [0.2, 0.25) is 0 Å². The maximum absolute atomic E-state index is 9.64. The molecule has 8 rings (SSSR count). The largest absolute Gasteiger partial charge is 0.310 e. The van der Waals surface area contributed by atoms with Crippen molar-refractivity contribution >= 4 is 55.0 Å². The van der Waals surface area contributed by atoms with Crippen LogP contribution in [0.15, 0.2) is 121 Å². The Morgan fingerprint density at radius 2 is 0.870 bits per heavy atom. The maximum atomic E-state index is 9.64. The van der Waals surface area contributed by atoms with Crippen LogP contribution in [0.3, 0.4) is 0 Å². The lowest BCUT2D eigenvalue weighted by Gasteiger charge is -2.10. The van der Waals surface area contributed by atoms with Gasteiger partial charge in [0.25, 0.3) is 0 Å². The van der Waals surface area contributed by atoms with Gasteiger partial charge < -0.3 is 9.13 Å². The Kier molecular flexibility index (Phi) is 5.91. The summed E-state index contributed by atoms with van der Waals surface area (Å²) < 4.78 is 4.24. The van der Waals surface area contributed by atoms with Crippen molar-refractivity contribution in [1.82, 2.24) is 9.13 Å². The highest BCUT2D eigenvalue weighted by Crippen LogP contribution is 2.39. The van der Waals surface area contributed by atoms with Crippen LogP contribution < -0.4 is 0 Å². The van der Waals surface area contributed by atoms with Gasteiger partial charge in [-0.1, -0.05) is 48.5 Å². The molecule has 0 saturated carbocycles. The van der Waals surface area contributed by atoms with E-state index in [0.717, 1.165) is 66.1 Å². The van der Waals surface area contributed by atoms with Crippen molar-refractivity contribution in [2.24, 2.45) is 0 Å². The molecule has 0 atom stereocenters. The second-order valence-electron chi connectivity index (χ2n) is 11.1. The lowest BCUT2D eigenvalue weighted by Crippen LogP contribution is -1.95. The van der Waals surface area contributed by atoms with Crippen molar-refractivity contribution in [2.75, 3.05) is 0 Å². The molecule has 0 fully saturated rings. The summed E-state index contributed by atoms with van der Waals surface area (Å²) >= 11 is 0. The summed E-state index contributed by atoms with van der Waals surface area (Å²) in [7, 11) is 0. The second-order valence-corrected chi connectivity index (χ2v) is 11.1. The molecule has 0 amide bonds. The third-order valence-corrected chi connectivity index (χ3v) is 8.52. The first-order valence-corrected chi connectivity index (χ1v) is 14.5. The predicted molar refractivity (Wildman–Crippen MR) is 183 cm³/mol. The Hall–Kier alpha value is -7.12. The number of aromatic nitrogens is 2. The first kappa shape index (κ1) is 26.5. The topological polar surface area (TPSA) is 66.2 Å². The Morgan fingerprint density at radius 1 is 0.457 bits per heavy atom. The van der Waals surface area contributed by atoms with Crippen LogP contribution in [-0.4, -0.2) is 9.13 Å². The molecule has 8 aromatic rings. The third-order valence-electron chi connectivity index (χ3n) is 8.52. The maximum Gasteiger partial charge on any atom is 0.190 e. The summed E-state index contributed by atoms with van der Waals surface area (Å²) in [4.78, 5) is 7.21. The zero-order chi connectivity index (χ0) is 31.4. The average molecular weight is 585 g/mol. The number of rotatable bonds is 3. The van der Waals surface area contributed by atoms with Gasteiger partial charge in [0.2, 0.25) is 0 Å². The predicted octanol–water partition coefficient (Wildman–Crippen LogP) is 10.4. The Labute approximate surface area is 264 Å². The summed E-state index contributed by atoms with van der Waals surface area (Å²) in [6.07, 6.45) is 0. The Bertz CT molecular complexity index is 2490. The van der Waals surface area contributed by atoms with E-state index in [1.165, 1.54) is 0 Å². The van der Waals surface area contributed by atoms with Crippen LogP contribution in [0, 0.1) is 35.8 Å². The van der Waals surface area contributed by atoms with Crippen LogP contribution >= 0.6 is 0 Å². The molecule has 0 radical (unpaired) electrons. The molecule has 0 bridgehead atoms. The lowest BCUT2D eigenvalue weighted by molar-refractivity contribution is 1.18. The fourth-order valence-electron chi connectivity index (χ4n) is 6.57. The number of benzene rings is 6. The molecule has 6 heteroatoms. The van der Waals surface area contributed by atoms with Crippen molar-refractivity contribution in [1.29, 1.82) is 10.5 Å². The summed E-state index contributed by atoms with van der Waals surface area (Å²) in [5.74, 6) is 0. The van der Waals surface area contributed by atoms with Gasteiger partial charge in [0, 0.05) is 44.0 Å². The fraction of sp³-hybridized carbons (Fsp3) is 0. The van der Waals surface area contributed by atoms with Gasteiger partial charge in [0.15, 0.2) is 11.4 Å². The van der Waals surface area contributed by atoms with Crippen molar-refractivity contribution in [3.63, 3.8) is 0 Å². The van der Waals surface area contributed by atoms with E-state index >= 15 is 0 Å². The van der Waals surface area contributed by atoms with Gasteiger partial charge in [-0.3, -0.25) is 0 Å². The third kappa shape index (κ3) is 4.00. The summed E-state index contributed by atoms with van der Waals surface area (Å²) in [5, 5.41) is 23.6. The van der Waals surface area contributed by atoms with Crippen molar-refractivity contribution in [2.45, 2.75) is 0 Å². The number of hydrogen-bond donors (Lipinski definition) is 0. The van der Waals surface area contributed by atoms with Gasteiger partial charge in [-0.25, -0.2) is 9.69 Å². The van der Waals surface area contributed by atoms with Crippen molar-refractivity contribution < 1.29 is 0 Å². The van der Waals surface area contributed by atoms with E-state index in [2.05, 4.69) is 91.6 Å². The van der Waals surface area contributed by atoms with Crippen LogP contribution in [0.5, 0.6) is 0 Å². The summed E-state index contributed by atoms with van der Waals surface area (Å²) in [6.45, 7) is 15.1. The van der Waals surface area contributed by atoms with E-state index in [-0.39, 0.29) is 0 Å². The molecule has 0 saturated heterocycles. The number of nitrogens with zero attached hydrogens (tertiary/aromatic N) is 6. The molecular formula is C40H20N6. The first-order chi connectivity index (χ1) is 22.6. The van der Waals surface area contributed by atoms with E-state index < -0.39 is 0 Å². The normalized spacial score (nSPS) is 11.0. The lowest BCUT2D eigenvalue weighted by atomic mass is 10.0. The van der Waals surface area contributed by atoms with Crippen LogP contribution in [-0.2, 0) is 0 Å². The van der Waals surface area contributed by atoms with Crippen molar-refractivity contribution in [3.8, 4) is 34.6 Å². The van der Waals surface area contributed by atoms with Crippen molar-refractivity contribution in [3.05, 3.63) is 155 Å². The highest BCUT2D eigenvalue weighted by Gasteiger charge is 2.17. The minimum atomic E-state index is 0.425. The first-order valence-electron chi connectivity index (χ1n) is 14.5. The molecule has 6 aromatic carbocycles. The summed E-state index contributed by atoms with van der Waals surface area (Å²) in [6, 6.07) is 44.1. The second kappa shape index (κ2) is 10.3. The average Bonchev–Trinajstić information content (AvgIpc) is 3.63. The number of fused-ring (bicyclic) bond motifs is 6. The monoisotopic (exact) mass is 584 g/mol. The molecule has 46 heavy (non-hydrogen) atoms. The zero-order valence-electron chi connectivity index (χ0n) is 24.2. The molecule has 0 spiro atoms. The zero-order valence-corrected chi connectivity index (χ0v) is 24.2. The van der Waals surface area contributed by atoms with Gasteiger partial charge in [0.1, 0.15) is 0 Å². The van der Waals surface area contributed by atoms with Gasteiger partial charge in [-0.2, -0.15) is 10.5 Å². The molecule has 210 valence electrons. The van der Waals surface area contributed by atoms with E-state index in [0.29, 0.717) is 22.5 Å². The van der Waals surface area contributed by atoms with Crippen LogP contribution in [0.25, 0.3) is 75.8 Å².